The van der Waals surface area contributed by atoms with Gasteiger partial charge in [0.15, 0.2) is 0 Å². The lowest BCUT2D eigenvalue weighted by molar-refractivity contribution is -0.140. The molecule has 1 aliphatic carbocycles. The zero-order valence-electron chi connectivity index (χ0n) is 19.9. The Kier molecular flexibility index (Phi) is 10.1. The summed E-state index contributed by atoms with van der Waals surface area (Å²) in [5.41, 5.74) is 3.16. The van der Waals surface area contributed by atoms with E-state index in [-0.39, 0.29) is 37.4 Å². The molecule has 0 heterocycles. The second-order valence-electron chi connectivity index (χ2n) is 8.89. The van der Waals surface area contributed by atoms with Crippen molar-refractivity contribution in [3.05, 3.63) is 58.9 Å². The summed E-state index contributed by atoms with van der Waals surface area (Å²) in [5.74, 6) is -0.540. The van der Waals surface area contributed by atoms with E-state index in [1.165, 1.54) is 0 Å². The summed E-state index contributed by atoms with van der Waals surface area (Å²) in [4.78, 5) is 25.6. The molecule has 0 saturated carbocycles. The van der Waals surface area contributed by atoms with Crippen molar-refractivity contribution in [1.82, 2.24) is 10.8 Å². The first-order valence-corrected chi connectivity index (χ1v) is 11.3. The molecule has 1 aromatic rings. The highest BCUT2D eigenvalue weighted by molar-refractivity contribution is 5.94. The highest BCUT2D eigenvalue weighted by Gasteiger charge is 2.38. The average Bonchev–Trinajstić information content (AvgIpc) is 2.78. The molecule has 2 unspecified atom stereocenters. The van der Waals surface area contributed by atoms with Gasteiger partial charge in [-0.15, -0.1) is 0 Å². The molecule has 2 rings (SSSR count). The van der Waals surface area contributed by atoms with Gasteiger partial charge in [0.25, 0.3) is 5.91 Å². The van der Waals surface area contributed by atoms with E-state index in [9.17, 15) is 19.9 Å². The Bertz CT molecular complexity index is 864. The van der Waals surface area contributed by atoms with E-state index in [1.807, 2.05) is 32.9 Å². The van der Waals surface area contributed by atoms with E-state index in [1.54, 1.807) is 36.7 Å². The number of hydroxylamine groups is 1. The fourth-order valence-corrected chi connectivity index (χ4v) is 3.90. The summed E-state index contributed by atoms with van der Waals surface area (Å²) in [6.07, 6.45) is 4.59. The Balaban J connectivity index is 2.23. The van der Waals surface area contributed by atoms with Gasteiger partial charge < -0.3 is 19.9 Å². The van der Waals surface area contributed by atoms with Crippen LogP contribution in [0.1, 0.15) is 56.0 Å². The van der Waals surface area contributed by atoms with Crippen molar-refractivity contribution in [3.63, 3.8) is 0 Å². The standard InChI is InChI=1S/C25H36N2O6/c1-5-32-16-33-15-21(26-23(29)19-9-6-17(2)7-10-19)14-25(4,24(30)27-31)13-20-12-22(28)11-8-18(20)3/h6-7,9-12,18,21,28,31H,5,8,13-16H2,1-4H3,(H,26,29)(H,27,30)/t18?,21-,25?/m0/s1. The van der Waals surface area contributed by atoms with Gasteiger partial charge in [0.1, 0.15) is 12.6 Å². The van der Waals surface area contributed by atoms with E-state index in [0.29, 0.717) is 25.0 Å². The fraction of sp³-hybridized carbons (Fsp3) is 0.520. The van der Waals surface area contributed by atoms with Crippen molar-refractivity contribution < 1.29 is 29.4 Å². The van der Waals surface area contributed by atoms with Gasteiger partial charge in [-0.1, -0.05) is 37.1 Å². The molecule has 1 aliphatic rings. The van der Waals surface area contributed by atoms with Crippen LogP contribution in [-0.2, 0) is 14.3 Å². The predicted octanol–water partition coefficient (Wildman–Crippen LogP) is 3.80. The fourth-order valence-electron chi connectivity index (χ4n) is 3.90. The molecule has 4 N–H and O–H groups in total. The van der Waals surface area contributed by atoms with Crippen molar-refractivity contribution in [3.8, 4) is 0 Å². The quantitative estimate of drug-likeness (QED) is 0.163. The summed E-state index contributed by atoms with van der Waals surface area (Å²) in [5, 5.41) is 22.4. The van der Waals surface area contributed by atoms with Crippen molar-refractivity contribution in [2.45, 2.75) is 53.0 Å². The SMILES string of the molecule is CCOCOC[C@H](CC(C)(CC1=CC(O)=CCC1C)C(=O)NO)NC(=O)c1ccc(C)cc1. The molecule has 8 nitrogen and oxygen atoms in total. The maximum Gasteiger partial charge on any atom is 0.251 e. The largest absolute Gasteiger partial charge is 0.508 e. The van der Waals surface area contributed by atoms with Gasteiger partial charge in [0.2, 0.25) is 5.91 Å². The maximum atomic E-state index is 12.9. The van der Waals surface area contributed by atoms with Crippen LogP contribution in [0.25, 0.3) is 0 Å². The zero-order chi connectivity index (χ0) is 24.4. The first kappa shape index (κ1) is 26.6. The molecule has 0 bridgehead atoms. The lowest BCUT2D eigenvalue weighted by Gasteiger charge is -2.34. The van der Waals surface area contributed by atoms with Crippen LogP contribution in [0.15, 0.2) is 47.7 Å². The predicted molar refractivity (Wildman–Crippen MR) is 125 cm³/mol. The van der Waals surface area contributed by atoms with Gasteiger partial charge >= 0.3 is 0 Å². The van der Waals surface area contributed by atoms with Gasteiger partial charge in [-0.3, -0.25) is 14.8 Å². The van der Waals surface area contributed by atoms with Crippen LogP contribution in [0.2, 0.25) is 0 Å². The molecule has 8 heteroatoms. The Labute approximate surface area is 195 Å². The lowest BCUT2D eigenvalue weighted by atomic mass is 9.73. The molecule has 1 aromatic carbocycles. The number of carbonyl (C=O) groups excluding carboxylic acids is 2. The van der Waals surface area contributed by atoms with Gasteiger partial charge in [0, 0.05) is 12.2 Å². The minimum absolute atomic E-state index is 0.0666. The number of aliphatic hydroxyl groups excluding tert-OH is 1. The van der Waals surface area contributed by atoms with Gasteiger partial charge in [-0.2, -0.15) is 0 Å². The van der Waals surface area contributed by atoms with Crippen molar-refractivity contribution in [2.24, 2.45) is 11.3 Å². The van der Waals surface area contributed by atoms with E-state index < -0.39 is 17.4 Å². The van der Waals surface area contributed by atoms with Crippen LogP contribution in [0.3, 0.4) is 0 Å². The van der Waals surface area contributed by atoms with Crippen LogP contribution in [-0.4, -0.2) is 48.2 Å². The Morgan fingerprint density at radius 2 is 1.94 bits per heavy atom. The number of ether oxygens (including phenoxy) is 2. The normalized spacial score (nSPS) is 18.5. The van der Waals surface area contributed by atoms with Gasteiger partial charge in [0.05, 0.1) is 18.1 Å². The number of hydrogen-bond acceptors (Lipinski definition) is 6. The second kappa shape index (κ2) is 12.5. The molecule has 0 aromatic heterocycles. The summed E-state index contributed by atoms with van der Waals surface area (Å²) in [6, 6.07) is 6.68. The molecule has 0 fully saturated rings. The Morgan fingerprint density at radius 1 is 1.24 bits per heavy atom. The molecule has 182 valence electrons. The molecular formula is C25H36N2O6. The Morgan fingerprint density at radius 3 is 2.58 bits per heavy atom. The first-order valence-electron chi connectivity index (χ1n) is 11.3. The number of amides is 2. The summed E-state index contributed by atoms with van der Waals surface area (Å²) < 4.78 is 10.8. The van der Waals surface area contributed by atoms with Crippen LogP contribution in [0, 0.1) is 18.3 Å². The number of rotatable bonds is 12. The molecular weight excluding hydrogens is 424 g/mol. The molecule has 0 radical (unpaired) electrons. The van der Waals surface area contributed by atoms with Crippen molar-refractivity contribution in [2.75, 3.05) is 20.0 Å². The molecule has 0 spiro atoms. The van der Waals surface area contributed by atoms with Crippen molar-refractivity contribution in [1.29, 1.82) is 0 Å². The summed E-state index contributed by atoms with van der Waals surface area (Å²) >= 11 is 0. The van der Waals surface area contributed by atoms with E-state index in [0.717, 1.165) is 11.1 Å². The molecule has 33 heavy (non-hydrogen) atoms. The van der Waals surface area contributed by atoms with Gasteiger partial charge in [-0.25, -0.2) is 5.48 Å². The van der Waals surface area contributed by atoms with Crippen molar-refractivity contribution >= 4 is 11.8 Å². The zero-order valence-corrected chi connectivity index (χ0v) is 19.9. The lowest BCUT2D eigenvalue weighted by Crippen LogP contribution is -2.47. The molecule has 2 amide bonds. The van der Waals surface area contributed by atoms with E-state index in [4.69, 9.17) is 9.47 Å². The number of allylic oxidation sites excluding steroid dienone is 3. The number of hydrogen-bond donors (Lipinski definition) is 4. The van der Waals surface area contributed by atoms with E-state index >= 15 is 0 Å². The third-order valence-corrected chi connectivity index (χ3v) is 5.93. The topological polar surface area (TPSA) is 117 Å². The second-order valence-corrected chi connectivity index (χ2v) is 8.89. The van der Waals surface area contributed by atoms with Crippen LogP contribution in [0.5, 0.6) is 0 Å². The summed E-state index contributed by atoms with van der Waals surface area (Å²) in [7, 11) is 0. The number of aliphatic hydroxyl groups is 1. The van der Waals surface area contributed by atoms with Crippen LogP contribution in [0.4, 0.5) is 0 Å². The minimum atomic E-state index is -1.06. The number of aryl methyl sites for hydroxylation is 1. The smallest absolute Gasteiger partial charge is 0.251 e. The van der Waals surface area contributed by atoms with E-state index in [2.05, 4.69) is 5.32 Å². The Hall–Kier alpha value is -2.68. The highest BCUT2D eigenvalue weighted by Crippen LogP contribution is 2.37. The van der Waals surface area contributed by atoms with Crippen LogP contribution < -0.4 is 10.8 Å². The maximum absolute atomic E-state index is 12.9. The molecule has 0 saturated heterocycles. The number of benzene rings is 1. The molecule has 3 atom stereocenters. The highest BCUT2D eigenvalue weighted by atomic mass is 16.7. The van der Waals surface area contributed by atoms with Gasteiger partial charge in [-0.05, 0) is 63.3 Å². The average molecular weight is 461 g/mol. The number of carbonyl (C=O) groups is 2. The first-order chi connectivity index (χ1) is 15.7. The number of nitrogens with one attached hydrogen (secondary N) is 2. The third kappa shape index (κ3) is 7.99. The monoisotopic (exact) mass is 460 g/mol. The third-order valence-electron chi connectivity index (χ3n) is 5.93. The summed E-state index contributed by atoms with van der Waals surface area (Å²) in [6.45, 7) is 8.24. The molecule has 0 aliphatic heterocycles. The van der Waals surface area contributed by atoms with Crippen LogP contribution >= 0.6 is 0 Å². The minimum Gasteiger partial charge on any atom is -0.508 e.